The highest BCUT2D eigenvalue weighted by Gasteiger charge is 2.18. The van der Waals surface area contributed by atoms with E-state index in [1.165, 1.54) is 6.08 Å². The van der Waals surface area contributed by atoms with Crippen molar-refractivity contribution in [3.05, 3.63) is 55.3 Å². The van der Waals surface area contributed by atoms with Gasteiger partial charge in [-0.1, -0.05) is 12.6 Å². The molecule has 3 N–H and O–H groups in total. The molecular formula is C21H24N8O2. The van der Waals surface area contributed by atoms with E-state index >= 15 is 0 Å². The topological polar surface area (TPSA) is 111 Å². The normalized spacial score (nSPS) is 14.2. The van der Waals surface area contributed by atoms with E-state index in [9.17, 15) is 4.79 Å². The number of likely N-dealkylation sites (N-methyl/N-ethyl adjacent to an activating group) is 1. The van der Waals surface area contributed by atoms with Gasteiger partial charge in [0.2, 0.25) is 5.91 Å². The summed E-state index contributed by atoms with van der Waals surface area (Å²) >= 11 is 0. The van der Waals surface area contributed by atoms with Crippen LogP contribution in [0.25, 0.3) is 0 Å². The van der Waals surface area contributed by atoms with E-state index in [2.05, 4.69) is 54.2 Å². The van der Waals surface area contributed by atoms with Crippen LogP contribution in [0, 0.1) is 0 Å². The molecule has 1 saturated heterocycles. The molecule has 0 unspecified atom stereocenters. The van der Waals surface area contributed by atoms with Crippen molar-refractivity contribution in [2.75, 3.05) is 48.8 Å². The molecule has 3 aromatic rings. The van der Waals surface area contributed by atoms with Gasteiger partial charge in [0.1, 0.15) is 23.2 Å². The van der Waals surface area contributed by atoms with Crippen LogP contribution in [-0.2, 0) is 4.79 Å². The monoisotopic (exact) mass is 420 g/mol. The third kappa shape index (κ3) is 5.37. The number of anilines is 4. The summed E-state index contributed by atoms with van der Waals surface area (Å²) in [6, 6.07) is 10.9. The number of amides is 1. The smallest absolute Gasteiger partial charge is 0.325 e. The summed E-state index contributed by atoms with van der Waals surface area (Å²) in [5, 5.41) is 12.7. The Morgan fingerprint density at radius 1 is 1.19 bits per heavy atom. The Morgan fingerprint density at radius 2 is 2.03 bits per heavy atom. The fraction of sp³-hybridized carbons (Fsp3) is 0.238. The first kappa shape index (κ1) is 20.4. The van der Waals surface area contributed by atoms with Gasteiger partial charge in [0.05, 0.1) is 6.20 Å². The van der Waals surface area contributed by atoms with Crippen LogP contribution in [0.3, 0.4) is 0 Å². The minimum atomic E-state index is -0.295. The second-order valence-electron chi connectivity index (χ2n) is 7.10. The molecule has 1 aliphatic heterocycles. The third-order valence-electron chi connectivity index (χ3n) is 4.78. The quantitative estimate of drug-likeness (QED) is 0.500. The lowest BCUT2D eigenvalue weighted by molar-refractivity contribution is -0.111. The molecule has 10 nitrogen and oxygen atoms in total. The average Bonchev–Trinajstić information content (AvgIpc) is 3.27. The van der Waals surface area contributed by atoms with E-state index in [1.807, 2.05) is 12.1 Å². The van der Waals surface area contributed by atoms with Gasteiger partial charge in [0.25, 0.3) is 0 Å². The zero-order chi connectivity index (χ0) is 21.6. The number of aromatic amines is 1. The zero-order valence-corrected chi connectivity index (χ0v) is 17.2. The van der Waals surface area contributed by atoms with Crippen molar-refractivity contribution in [1.29, 1.82) is 0 Å². The van der Waals surface area contributed by atoms with Crippen molar-refractivity contribution < 1.29 is 9.53 Å². The van der Waals surface area contributed by atoms with Crippen LogP contribution < -0.4 is 20.3 Å². The lowest BCUT2D eigenvalue weighted by Gasteiger charge is -2.33. The first-order valence-electron chi connectivity index (χ1n) is 9.89. The van der Waals surface area contributed by atoms with Gasteiger partial charge < -0.3 is 25.2 Å². The van der Waals surface area contributed by atoms with Crippen molar-refractivity contribution in [2.24, 2.45) is 0 Å². The summed E-state index contributed by atoms with van der Waals surface area (Å²) < 4.78 is 5.94. The van der Waals surface area contributed by atoms with Crippen LogP contribution >= 0.6 is 0 Å². The van der Waals surface area contributed by atoms with E-state index in [4.69, 9.17) is 4.74 Å². The molecule has 3 heterocycles. The highest BCUT2D eigenvalue weighted by molar-refractivity contribution is 5.98. The number of hydrogen-bond acceptors (Lipinski definition) is 8. The largest absolute Gasteiger partial charge is 0.424 e. The van der Waals surface area contributed by atoms with Gasteiger partial charge in [-0.25, -0.2) is 0 Å². The summed E-state index contributed by atoms with van der Waals surface area (Å²) in [6.07, 6.45) is 2.87. The van der Waals surface area contributed by atoms with Gasteiger partial charge in [-0.2, -0.15) is 15.1 Å². The molecule has 160 valence electrons. The molecule has 2 aromatic heterocycles. The van der Waals surface area contributed by atoms with Crippen LogP contribution in [0.15, 0.2) is 55.3 Å². The fourth-order valence-corrected chi connectivity index (χ4v) is 3.12. The van der Waals surface area contributed by atoms with Gasteiger partial charge in [-0.3, -0.25) is 9.89 Å². The van der Waals surface area contributed by atoms with Gasteiger partial charge in [-0.05, 0) is 25.3 Å². The van der Waals surface area contributed by atoms with Crippen LogP contribution in [-0.4, -0.2) is 64.2 Å². The zero-order valence-electron chi connectivity index (χ0n) is 17.2. The Hall–Kier alpha value is -3.92. The van der Waals surface area contributed by atoms with Crippen LogP contribution in [0.5, 0.6) is 11.8 Å². The van der Waals surface area contributed by atoms with Crippen molar-refractivity contribution in [1.82, 2.24) is 25.1 Å². The number of H-pyrrole nitrogens is 1. The number of carbonyl (C=O) groups is 1. The second-order valence-corrected chi connectivity index (χ2v) is 7.10. The highest BCUT2D eigenvalue weighted by atomic mass is 16.5. The van der Waals surface area contributed by atoms with Crippen LogP contribution in [0.4, 0.5) is 23.1 Å². The third-order valence-corrected chi connectivity index (χ3v) is 4.78. The Kier molecular flexibility index (Phi) is 6.08. The van der Waals surface area contributed by atoms with Gasteiger partial charge in [0, 0.05) is 50.1 Å². The number of carbonyl (C=O) groups excluding carboxylic acids is 1. The minimum Gasteiger partial charge on any atom is -0.424 e. The number of nitrogens with zero attached hydrogens (tertiary/aromatic N) is 5. The predicted molar refractivity (Wildman–Crippen MR) is 119 cm³/mol. The summed E-state index contributed by atoms with van der Waals surface area (Å²) in [4.78, 5) is 25.2. The maximum atomic E-state index is 11.6. The molecule has 1 aromatic carbocycles. The number of benzene rings is 1. The van der Waals surface area contributed by atoms with E-state index in [0.29, 0.717) is 23.1 Å². The summed E-state index contributed by atoms with van der Waals surface area (Å²) in [7, 11) is 2.11. The maximum Gasteiger partial charge on any atom is 0.325 e. The summed E-state index contributed by atoms with van der Waals surface area (Å²) in [5.41, 5.74) is 0.591. The number of nitrogens with one attached hydrogen (secondary N) is 3. The standard InChI is InChI=1S/C21H24N8O2/c1-3-20(30)23-15-5-4-6-16(13-15)31-21-25-18(24-17-7-8-22-27-17)14-19(26-21)29-11-9-28(2)10-12-29/h3-8,13-14H,1,9-12H2,2H3,(H,23,30)(H2,22,24,25,26,27). The second kappa shape index (κ2) is 9.26. The molecule has 1 amide bonds. The molecule has 0 saturated carbocycles. The lowest BCUT2D eigenvalue weighted by atomic mass is 10.3. The molecule has 4 rings (SSSR count). The lowest BCUT2D eigenvalue weighted by Crippen LogP contribution is -2.44. The summed E-state index contributed by atoms with van der Waals surface area (Å²) in [5.74, 6) is 2.28. The SMILES string of the molecule is C=CC(=O)Nc1cccc(Oc2nc(Nc3ccn[nH]3)cc(N3CCN(C)CC3)n2)c1. The van der Waals surface area contributed by atoms with Crippen LogP contribution in [0.1, 0.15) is 0 Å². The average molecular weight is 420 g/mol. The fourth-order valence-electron chi connectivity index (χ4n) is 3.12. The molecule has 0 spiro atoms. The van der Waals surface area contributed by atoms with E-state index in [1.54, 1.807) is 30.5 Å². The van der Waals surface area contributed by atoms with Crippen molar-refractivity contribution in [3.63, 3.8) is 0 Å². The van der Waals surface area contributed by atoms with E-state index < -0.39 is 0 Å². The number of aromatic nitrogens is 4. The van der Waals surface area contributed by atoms with Gasteiger partial charge in [0.15, 0.2) is 0 Å². The highest BCUT2D eigenvalue weighted by Crippen LogP contribution is 2.27. The molecule has 0 aliphatic carbocycles. The molecule has 0 atom stereocenters. The van der Waals surface area contributed by atoms with E-state index in [-0.39, 0.29) is 11.9 Å². The Balaban J connectivity index is 1.59. The molecule has 0 bridgehead atoms. The Morgan fingerprint density at radius 3 is 2.77 bits per heavy atom. The number of ether oxygens (including phenoxy) is 1. The Labute approximate surface area is 180 Å². The van der Waals surface area contributed by atoms with Crippen molar-refractivity contribution >= 4 is 29.0 Å². The molecule has 0 radical (unpaired) electrons. The molecule has 10 heteroatoms. The van der Waals surface area contributed by atoms with Gasteiger partial charge in [-0.15, -0.1) is 0 Å². The number of piperazine rings is 1. The van der Waals surface area contributed by atoms with Gasteiger partial charge >= 0.3 is 6.01 Å². The minimum absolute atomic E-state index is 0.200. The molecule has 31 heavy (non-hydrogen) atoms. The van der Waals surface area contributed by atoms with Crippen LogP contribution in [0.2, 0.25) is 0 Å². The van der Waals surface area contributed by atoms with Crippen molar-refractivity contribution in [2.45, 2.75) is 0 Å². The molecule has 1 aliphatic rings. The molecular weight excluding hydrogens is 396 g/mol. The predicted octanol–water partition coefficient (Wildman–Crippen LogP) is 2.61. The first-order valence-corrected chi connectivity index (χ1v) is 9.89. The van der Waals surface area contributed by atoms with E-state index in [0.717, 1.165) is 32.0 Å². The van der Waals surface area contributed by atoms with Crippen molar-refractivity contribution in [3.8, 4) is 11.8 Å². The maximum absolute atomic E-state index is 11.6. The number of hydrogen-bond donors (Lipinski definition) is 3. The molecule has 1 fully saturated rings. The number of rotatable bonds is 7. The first-order chi connectivity index (χ1) is 15.1. The summed E-state index contributed by atoms with van der Waals surface area (Å²) in [6.45, 7) is 7.09. The Bertz CT molecular complexity index is 1050.